The van der Waals surface area contributed by atoms with Gasteiger partial charge in [0.25, 0.3) is 5.91 Å². The van der Waals surface area contributed by atoms with Crippen LogP contribution in [0.15, 0.2) is 42.5 Å². The zero-order valence-corrected chi connectivity index (χ0v) is 18.3. The monoisotopic (exact) mass is 427 g/mol. The largest absolute Gasteiger partial charge is 0.484 e. The highest BCUT2D eigenvalue weighted by molar-refractivity contribution is 7.18. The molecule has 0 aliphatic carbocycles. The number of fused-ring (bicyclic) bond motifs is 1. The van der Waals surface area contributed by atoms with Gasteiger partial charge >= 0.3 is 0 Å². The maximum atomic E-state index is 13.1. The number of piperazine rings is 1. The Balaban J connectivity index is 1.34. The minimum atomic E-state index is -0.223. The SMILES string of the molecule is Cc1nc2cc(OCC(=O)N3CC(C)N(Cc4ccc(F)cc4)CC3C)ccc2s1. The lowest BCUT2D eigenvalue weighted by atomic mass is 10.1. The number of nitrogens with zero attached hydrogens (tertiary/aromatic N) is 3. The Morgan fingerprint density at radius 2 is 1.93 bits per heavy atom. The van der Waals surface area contributed by atoms with Crippen molar-refractivity contribution in [2.24, 2.45) is 0 Å². The topological polar surface area (TPSA) is 45.7 Å². The second-order valence-electron chi connectivity index (χ2n) is 7.95. The van der Waals surface area contributed by atoms with Crippen molar-refractivity contribution in [1.29, 1.82) is 0 Å². The molecule has 30 heavy (non-hydrogen) atoms. The van der Waals surface area contributed by atoms with Gasteiger partial charge in [-0.2, -0.15) is 0 Å². The Morgan fingerprint density at radius 3 is 2.70 bits per heavy atom. The first-order valence-electron chi connectivity index (χ1n) is 10.2. The lowest BCUT2D eigenvalue weighted by molar-refractivity contribution is -0.139. The molecule has 2 heterocycles. The standard InChI is InChI=1S/C23H26FN3O2S/c1-15-12-27(16(2)11-26(15)13-18-4-6-19(24)7-5-18)23(28)14-29-20-8-9-22-21(10-20)25-17(3)30-22/h4-10,15-16H,11-14H2,1-3H3. The van der Waals surface area contributed by atoms with Crippen molar-refractivity contribution in [1.82, 2.24) is 14.8 Å². The van der Waals surface area contributed by atoms with E-state index in [9.17, 15) is 9.18 Å². The smallest absolute Gasteiger partial charge is 0.260 e. The predicted molar refractivity (Wildman–Crippen MR) is 117 cm³/mol. The van der Waals surface area contributed by atoms with E-state index in [-0.39, 0.29) is 30.4 Å². The quantitative estimate of drug-likeness (QED) is 0.611. The molecule has 7 heteroatoms. The van der Waals surface area contributed by atoms with Gasteiger partial charge < -0.3 is 9.64 Å². The van der Waals surface area contributed by atoms with E-state index in [0.29, 0.717) is 12.3 Å². The van der Waals surface area contributed by atoms with Crippen LogP contribution < -0.4 is 4.74 Å². The molecule has 2 unspecified atom stereocenters. The maximum Gasteiger partial charge on any atom is 0.260 e. The van der Waals surface area contributed by atoms with E-state index in [2.05, 4.69) is 23.7 Å². The summed E-state index contributed by atoms with van der Waals surface area (Å²) >= 11 is 1.64. The summed E-state index contributed by atoms with van der Waals surface area (Å²) in [6, 6.07) is 12.7. The number of hydrogen-bond donors (Lipinski definition) is 0. The van der Waals surface area contributed by atoms with E-state index in [4.69, 9.17) is 4.74 Å². The number of halogens is 1. The molecule has 2 atom stereocenters. The maximum absolute atomic E-state index is 13.1. The second kappa shape index (κ2) is 8.70. The summed E-state index contributed by atoms with van der Waals surface area (Å²) in [6.07, 6.45) is 0. The summed E-state index contributed by atoms with van der Waals surface area (Å²) in [5, 5.41) is 1.01. The number of hydrogen-bond acceptors (Lipinski definition) is 5. The molecule has 0 saturated carbocycles. The van der Waals surface area contributed by atoms with Crippen LogP contribution in [0.1, 0.15) is 24.4 Å². The van der Waals surface area contributed by atoms with Gasteiger partial charge in [0.05, 0.1) is 15.2 Å². The van der Waals surface area contributed by atoms with E-state index in [1.807, 2.05) is 42.2 Å². The molecule has 1 aliphatic rings. The van der Waals surface area contributed by atoms with Gasteiger partial charge in [-0.1, -0.05) is 12.1 Å². The van der Waals surface area contributed by atoms with Gasteiger partial charge in [0.2, 0.25) is 0 Å². The van der Waals surface area contributed by atoms with Gasteiger partial charge in [-0.25, -0.2) is 9.37 Å². The second-order valence-corrected chi connectivity index (χ2v) is 9.19. The van der Waals surface area contributed by atoms with Gasteiger partial charge in [0.1, 0.15) is 11.6 Å². The lowest BCUT2D eigenvalue weighted by Crippen LogP contribution is -2.58. The van der Waals surface area contributed by atoms with E-state index >= 15 is 0 Å². The molecular weight excluding hydrogens is 401 g/mol. The highest BCUT2D eigenvalue weighted by Crippen LogP contribution is 2.26. The third-order valence-corrected chi connectivity index (χ3v) is 6.51. The number of aromatic nitrogens is 1. The first-order valence-corrected chi connectivity index (χ1v) is 11.0. The molecule has 0 radical (unpaired) electrons. The van der Waals surface area contributed by atoms with Gasteiger partial charge in [-0.3, -0.25) is 9.69 Å². The van der Waals surface area contributed by atoms with Crippen LogP contribution in [0, 0.1) is 12.7 Å². The molecule has 5 nitrogen and oxygen atoms in total. The van der Waals surface area contributed by atoms with Crippen LogP contribution in [0.4, 0.5) is 4.39 Å². The van der Waals surface area contributed by atoms with Gasteiger partial charge in [0, 0.05) is 37.8 Å². The molecule has 1 aromatic heterocycles. The van der Waals surface area contributed by atoms with Crippen LogP contribution >= 0.6 is 11.3 Å². The highest BCUT2D eigenvalue weighted by atomic mass is 32.1. The number of benzene rings is 2. The van der Waals surface area contributed by atoms with E-state index in [0.717, 1.165) is 33.9 Å². The Kier molecular flexibility index (Phi) is 6.01. The average molecular weight is 428 g/mol. The van der Waals surface area contributed by atoms with Crippen LogP contribution in [0.2, 0.25) is 0 Å². The molecule has 1 saturated heterocycles. The fourth-order valence-corrected chi connectivity index (χ4v) is 4.74. The van der Waals surface area contributed by atoms with Crippen LogP contribution in [-0.2, 0) is 11.3 Å². The van der Waals surface area contributed by atoms with Crippen molar-refractivity contribution >= 4 is 27.5 Å². The van der Waals surface area contributed by atoms with Crippen LogP contribution in [0.3, 0.4) is 0 Å². The summed E-state index contributed by atoms with van der Waals surface area (Å²) in [5.74, 6) is 0.432. The molecule has 1 fully saturated rings. The Morgan fingerprint density at radius 1 is 1.17 bits per heavy atom. The summed E-state index contributed by atoms with van der Waals surface area (Å²) in [6.45, 7) is 8.35. The number of thiazole rings is 1. The average Bonchev–Trinajstić information content (AvgIpc) is 3.09. The number of ether oxygens (including phenoxy) is 1. The molecular formula is C23H26FN3O2S. The number of carbonyl (C=O) groups is 1. The summed E-state index contributed by atoms with van der Waals surface area (Å²) in [7, 11) is 0. The number of carbonyl (C=O) groups excluding carboxylic acids is 1. The molecule has 3 aromatic rings. The van der Waals surface area contributed by atoms with Crippen molar-refractivity contribution in [3.8, 4) is 5.75 Å². The Bertz CT molecular complexity index is 1040. The normalized spacial score (nSPS) is 19.9. The lowest BCUT2D eigenvalue weighted by Gasteiger charge is -2.44. The number of rotatable bonds is 5. The van der Waals surface area contributed by atoms with Gasteiger partial charge in [-0.15, -0.1) is 11.3 Å². The summed E-state index contributed by atoms with van der Waals surface area (Å²) < 4.78 is 20.0. The zero-order chi connectivity index (χ0) is 21.3. The Labute approximate surface area is 180 Å². The number of aryl methyl sites for hydroxylation is 1. The molecule has 4 rings (SSSR count). The molecule has 158 valence electrons. The van der Waals surface area contributed by atoms with E-state index in [1.54, 1.807) is 11.3 Å². The minimum absolute atomic E-state index is 0.00895. The van der Waals surface area contributed by atoms with Crippen molar-refractivity contribution in [3.63, 3.8) is 0 Å². The van der Waals surface area contributed by atoms with Crippen molar-refractivity contribution in [2.75, 3.05) is 19.7 Å². The fourth-order valence-electron chi connectivity index (χ4n) is 3.93. The molecule has 0 bridgehead atoms. The van der Waals surface area contributed by atoms with Crippen molar-refractivity contribution in [3.05, 3.63) is 58.9 Å². The summed E-state index contributed by atoms with van der Waals surface area (Å²) in [5.41, 5.74) is 1.98. The molecule has 0 N–H and O–H groups in total. The molecule has 2 aromatic carbocycles. The molecule has 1 amide bonds. The summed E-state index contributed by atoms with van der Waals surface area (Å²) in [4.78, 5) is 21.5. The van der Waals surface area contributed by atoms with Crippen LogP contribution in [0.25, 0.3) is 10.2 Å². The third-order valence-electron chi connectivity index (χ3n) is 5.56. The Hall–Kier alpha value is -2.51. The van der Waals surface area contributed by atoms with E-state index in [1.165, 1.54) is 12.1 Å². The first-order chi connectivity index (χ1) is 14.4. The molecule has 0 spiro atoms. The van der Waals surface area contributed by atoms with Crippen molar-refractivity contribution < 1.29 is 13.9 Å². The van der Waals surface area contributed by atoms with Gasteiger partial charge in [-0.05, 0) is 50.6 Å². The first kappa shape index (κ1) is 20.8. The van der Waals surface area contributed by atoms with Crippen LogP contribution in [0.5, 0.6) is 5.75 Å². The molecule has 1 aliphatic heterocycles. The third kappa shape index (κ3) is 4.63. The predicted octanol–water partition coefficient (Wildman–Crippen LogP) is 4.24. The van der Waals surface area contributed by atoms with Crippen molar-refractivity contribution in [2.45, 2.75) is 39.4 Å². The highest BCUT2D eigenvalue weighted by Gasteiger charge is 2.32. The van der Waals surface area contributed by atoms with Crippen LogP contribution in [-0.4, -0.2) is 52.5 Å². The zero-order valence-electron chi connectivity index (χ0n) is 17.5. The van der Waals surface area contributed by atoms with Gasteiger partial charge in [0.15, 0.2) is 6.61 Å². The fraction of sp³-hybridized carbons (Fsp3) is 0.391. The number of amides is 1. The van der Waals surface area contributed by atoms with E-state index < -0.39 is 0 Å². The minimum Gasteiger partial charge on any atom is -0.484 e.